The highest BCUT2D eigenvalue weighted by atomic mass is 32.2. The van der Waals surface area contributed by atoms with Crippen LogP contribution in [0.2, 0.25) is 0 Å². The standard InChI is InChI=1S/C20H15F3N6O2S/c21-12-7-14(23)15(8-13(12)22)32(30,31)29-11-5-3-10(4-6-11)19-25-17(9-1-2-9)16-18(24)27-28-20(16)26-19/h3-9,29H,1-2H2,(H3,24,25,26,27,28). The number of rotatable bonds is 5. The van der Waals surface area contributed by atoms with Crippen LogP contribution in [0.15, 0.2) is 41.3 Å². The second-order valence-corrected chi connectivity index (χ2v) is 9.07. The average Bonchev–Trinajstić information content (AvgIpc) is 3.53. The Morgan fingerprint density at radius 3 is 2.38 bits per heavy atom. The zero-order valence-corrected chi connectivity index (χ0v) is 17.0. The number of nitrogen functional groups attached to an aromatic ring is 1. The van der Waals surface area contributed by atoms with E-state index in [1.807, 2.05) is 0 Å². The van der Waals surface area contributed by atoms with Gasteiger partial charge in [-0.15, -0.1) is 0 Å². The summed E-state index contributed by atoms with van der Waals surface area (Å²) in [6, 6.07) is 6.47. The van der Waals surface area contributed by atoms with Crippen LogP contribution in [0.1, 0.15) is 24.5 Å². The largest absolute Gasteiger partial charge is 0.383 e. The van der Waals surface area contributed by atoms with E-state index < -0.39 is 32.4 Å². The Bertz CT molecular complexity index is 1470. The van der Waals surface area contributed by atoms with Crippen LogP contribution in [0.3, 0.4) is 0 Å². The quantitative estimate of drug-likeness (QED) is 0.390. The number of nitrogens with one attached hydrogen (secondary N) is 2. The number of nitrogens with two attached hydrogens (primary N) is 1. The number of nitrogens with zero attached hydrogens (tertiary/aromatic N) is 3. The Hall–Kier alpha value is -3.67. The maximum Gasteiger partial charge on any atom is 0.264 e. The fourth-order valence-electron chi connectivity index (χ4n) is 3.36. The minimum absolute atomic E-state index is 0.0883. The second-order valence-electron chi connectivity index (χ2n) is 7.42. The first-order chi connectivity index (χ1) is 15.2. The topological polar surface area (TPSA) is 127 Å². The van der Waals surface area contributed by atoms with Crippen LogP contribution in [0, 0.1) is 17.5 Å². The molecule has 0 bridgehead atoms. The third kappa shape index (κ3) is 3.51. The third-order valence-corrected chi connectivity index (χ3v) is 6.49. The molecule has 2 heterocycles. The highest BCUT2D eigenvalue weighted by Crippen LogP contribution is 2.43. The highest BCUT2D eigenvalue weighted by molar-refractivity contribution is 7.92. The number of sulfonamides is 1. The van der Waals surface area contributed by atoms with Crippen LogP contribution in [-0.4, -0.2) is 28.6 Å². The molecule has 2 aromatic heterocycles. The lowest BCUT2D eigenvalue weighted by Gasteiger charge is -2.10. The highest BCUT2D eigenvalue weighted by Gasteiger charge is 2.30. The molecular formula is C20H15F3N6O2S. The van der Waals surface area contributed by atoms with Gasteiger partial charge in [0.2, 0.25) is 0 Å². The van der Waals surface area contributed by atoms with Gasteiger partial charge in [0.15, 0.2) is 23.1 Å². The number of aromatic nitrogens is 4. The number of hydrogen-bond donors (Lipinski definition) is 3. The van der Waals surface area contributed by atoms with Gasteiger partial charge in [-0.2, -0.15) is 5.10 Å². The van der Waals surface area contributed by atoms with Gasteiger partial charge in [0.25, 0.3) is 10.0 Å². The van der Waals surface area contributed by atoms with E-state index in [1.165, 1.54) is 12.1 Å². The molecule has 0 amide bonds. The molecule has 0 atom stereocenters. The molecule has 1 aliphatic carbocycles. The van der Waals surface area contributed by atoms with Crippen LogP contribution in [0.25, 0.3) is 22.4 Å². The molecule has 32 heavy (non-hydrogen) atoms. The number of halogens is 3. The molecule has 0 aliphatic heterocycles. The van der Waals surface area contributed by atoms with E-state index >= 15 is 0 Å². The molecule has 8 nitrogen and oxygen atoms in total. The van der Waals surface area contributed by atoms with Gasteiger partial charge < -0.3 is 5.73 Å². The number of hydrogen-bond acceptors (Lipinski definition) is 6. The van der Waals surface area contributed by atoms with E-state index in [9.17, 15) is 21.6 Å². The summed E-state index contributed by atoms with van der Waals surface area (Å²) in [7, 11) is -4.49. The molecule has 0 unspecified atom stereocenters. The van der Waals surface area contributed by atoms with Crippen molar-refractivity contribution in [3.63, 3.8) is 0 Å². The van der Waals surface area contributed by atoms with Gasteiger partial charge in [0.1, 0.15) is 16.5 Å². The summed E-state index contributed by atoms with van der Waals surface area (Å²) in [5.74, 6) is -3.27. The molecule has 2 aromatic carbocycles. The first-order valence-corrected chi connectivity index (χ1v) is 11.0. The van der Waals surface area contributed by atoms with E-state index in [2.05, 4.69) is 24.9 Å². The molecule has 164 valence electrons. The minimum atomic E-state index is -4.49. The van der Waals surface area contributed by atoms with Gasteiger partial charge in [-0.25, -0.2) is 31.6 Å². The number of fused-ring (bicyclic) bond motifs is 1. The van der Waals surface area contributed by atoms with Crippen molar-refractivity contribution in [3.05, 3.63) is 59.5 Å². The van der Waals surface area contributed by atoms with Gasteiger partial charge in [-0.1, -0.05) is 0 Å². The Labute approximate surface area is 179 Å². The van der Waals surface area contributed by atoms with Crippen LogP contribution in [0.4, 0.5) is 24.7 Å². The summed E-state index contributed by atoms with van der Waals surface area (Å²) in [6.45, 7) is 0. The first-order valence-electron chi connectivity index (χ1n) is 9.52. The summed E-state index contributed by atoms with van der Waals surface area (Å²) >= 11 is 0. The molecular weight excluding hydrogens is 445 g/mol. The Balaban J connectivity index is 1.46. The average molecular weight is 460 g/mol. The van der Waals surface area contributed by atoms with E-state index in [1.54, 1.807) is 12.1 Å². The Kier molecular flexibility index (Phi) is 4.55. The second kappa shape index (κ2) is 7.19. The van der Waals surface area contributed by atoms with Crippen molar-refractivity contribution < 1.29 is 21.6 Å². The van der Waals surface area contributed by atoms with Crippen molar-refractivity contribution in [1.29, 1.82) is 0 Å². The predicted octanol–water partition coefficient (Wildman–Crippen LogP) is 3.70. The molecule has 1 aliphatic rings. The van der Waals surface area contributed by atoms with Crippen LogP contribution in [-0.2, 0) is 10.0 Å². The van der Waals surface area contributed by atoms with Crippen LogP contribution in [0.5, 0.6) is 0 Å². The van der Waals surface area contributed by atoms with E-state index in [0.29, 0.717) is 34.3 Å². The van der Waals surface area contributed by atoms with Crippen molar-refractivity contribution in [2.24, 2.45) is 0 Å². The van der Waals surface area contributed by atoms with E-state index in [0.717, 1.165) is 18.5 Å². The lowest BCUT2D eigenvalue weighted by atomic mass is 10.1. The summed E-state index contributed by atoms with van der Waals surface area (Å²) in [4.78, 5) is 8.05. The van der Waals surface area contributed by atoms with Crippen molar-refractivity contribution in [3.8, 4) is 11.4 Å². The van der Waals surface area contributed by atoms with Gasteiger partial charge in [0, 0.05) is 29.3 Å². The first kappa shape index (κ1) is 20.2. The Morgan fingerprint density at radius 2 is 1.69 bits per heavy atom. The van der Waals surface area contributed by atoms with Crippen molar-refractivity contribution in [2.75, 3.05) is 10.5 Å². The number of aromatic amines is 1. The van der Waals surface area contributed by atoms with Gasteiger partial charge in [-0.3, -0.25) is 9.82 Å². The molecule has 4 aromatic rings. The molecule has 5 rings (SSSR count). The van der Waals surface area contributed by atoms with Crippen LogP contribution >= 0.6 is 0 Å². The smallest absolute Gasteiger partial charge is 0.264 e. The summed E-state index contributed by atoms with van der Waals surface area (Å²) in [5.41, 5.74) is 7.89. The molecule has 12 heteroatoms. The number of benzene rings is 2. The number of anilines is 2. The maximum atomic E-state index is 13.9. The molecule has 4 N–H and O–H groups in total. The minimum Gasteiger partial charge on any atom is -0.383 e. The summed E-state index contributed by atoms with van der Waals surface area (Å²) < 4.78 is 67.4. The summed E-state index contributed by atoms with van der Waals surface area (Å²) in [5, 5.41) is 7.52. The predicted molar refractivity (Wildman–Crippen MR) is 111 cm³/mol. The third-order valence-electron chi connectivity index (χ3n) is 5.09. The molecule has 1 saturated carbocycles. The van der Waals surface area contributed by atoms with Crippen molar-refractivity contribution in [1.82, 2.24) is 20.2 Å². The SMILES string of the molecule is Nc1[nH]nc2nc(-c3ccc(NS(=O)(=O)c4cc(F)c(F)cc4F)cc3)nc(C3CC3)c12. The molecule has 0 radical (unpaired) electrons. The van der Waals surface area contributed by atoms with Crippen molar-refractivity contribution in [2.45, 2.75) is 23.7 Å². The zero-order chi connectivity index (χ0) is 22.6. The van der Waals surface area contributed by atoms with Crippen molar-refractivity contribution >= 4 is 32.6 Å². The fraction of sp³-hybridized carbons (Fsp3) is 0.150. The lowest BCUT2D eigenvalue weighted by Crippen LogP contribution is -2.15. The number of H-pyrrole nitrogens is 1. The summed E-state index contributed by atoms with van der Waals surface area (Å²) in [6.07, 6.45) is 1.99. The molecule has 1 fully saturated rings. The lowest BCUT2D eigenvalue weighted by molar-refractivity contribution is 0.482. The van der Waals surface area contributed by atoms with E-state index in [4.69, 9.17) is 5.73 Å². The van der Waals surface area contributed by atoms with E-state index in [-0.39, 0.29) is 17.7 Å². The molecule has 0 saturated heterocycles. The normalized spacial score (nSPS) is 14.1. The van der Waals surface area contributed by atoms with Gasteiger partial charge in [0.05, 0.1) is 11.1 Å². The zero-order valence-electron chi connectivity index (χ0n) is 16.2. The maximum absolute atomic E-state index is 13.9. The Morgan fingerprint density at radius 1 is 1.00 bits per heavy atom. The monoisotopic (exact) mass is 460 g/mol. The van der Waals surface area contributed by atoms with Gasteiger partial charge in [-0.05, 0) is 37.1 Å². The molecule has 0 spiro atoms. The van der Waals surface area contributed by atoms with Gasteiger partial charge >= 0.3 is 0 Å². The van der Waals surface area contributed by atoms with Crippen LogP contribution < -0.4 is 10.5 Å². The fourth-order valence-corrected chi connectivity index (χ4v) is 4.49.